The number of ether oxygens (including phenoxy) is 4. The molecule has 1 amide bonds. The Morgan fingerprint density at radius 3 is 1.85 bits per heavy atom. The van der Waals surface area contributed by atoms with Crippen LogP contribution in [0.1, 0.15) is 39.3 Å². The zero-order valence-corrected chi connectivity index (χ0v) is 30.1. The molecule has 0 saturated heterocycles. The van der Waals surface area contributed by atoms with Crippen molar-refractivity contribution in [2.45, 2.75) is 24.0 Å². The minimum Gasteiger partial charge on any atom is -0.493 e. The number of halogens is 1. The number of alkyl carbamates (subject to hydrolysis) is 1. The van der Waals surface area contributed by atoms with Crippen molar-refractivity contribution in [3.05, 3.63) is 190 Å². The number of nitrogens with one attached hydrogen (secondary N) is 1. The summed E-state index contributed by atoms with van der Waals surface area (Å²) < 4.78 is 23.8. The van der Waals surface area contributed by atoms with Crippen LogP contribution in [0.25, 0.3) is 11.1 Å². The quantitative estimate of drug-likeness (QED) is 0.100. The Bertz CT molecular complexity index is 2140. The van der Waals surface area contributed by atoms with Crippen LogP contribution in [0, 0.1) is 0 Å². The molecular formula is C45H38ClNO6. The Hall–Kier alpha value is -6.05. The summed E-state index contributed by atoms with van der Waals surface area (Å²) in [6.45, 7) is 0.115. The van der Waals surface area contributed by atoms with E-state index in [0.717, 1.165) is 38.9 Å². The fourth-order valence-electron chi connectivity index (χ4n) is 7.18. The molecular weight excluding hydrogens is 686 g/mol. The normalized spacial score (nSPS) is 12.6. The third-order valence-corrected chi connectivity index (χ3v) is 10.00. The van der Waals surface area contributed by atoms with Gasteiger partial charge in [0.1, 0.15) is 12.6 Å². The number of hydrogen-bond acceptors (Lipinski definition) is 6. The molecule has 53 heavy (non-hydrogen) atoms. The number of hydrogen-bond donors (Lipinski definition) is 1. The number of amides is 1. The first kappa shape index (κ1) is 35.4. The molecule has 0 fully saturated rings. The van der Waals surface area contributed by atoms with E-state index in [1.54, 1.807) is 19.2 Å². The van der Waals surface area contributed by atoms with Crippen molar-refractivity contribution >= 4 is 23.7 Å². The van der Waals surface area contributed by atoms with E-state index < -0.39 is 23.7 Å². The average molecular weight is 724 g/mol. The maximum Gasteiger partial charge on any atom is 0.407 e. The second-order valence-electron chi connectivity index (χ2n) is 12.7. The number of fused-ring (bicyclic) bond motifs is 3. The molecule has 0 bridgehead atoms. The van der Waals surface area contributed by atoms with Crippen LogP contribution in [-0.4, -0.2) is 38.9 Å². The van der Waals surface area contributed by atoms with E-state index in [-0.39, 0.29) is 18.9 Å². The zero-order valence-electron chi connectivity index (χ0n) is 29.3. The summed E-state index contributed by atoms with van der Waals surface area (Å²) in [6, 6.07) is 48.0. The summed E-state index contributed by atoms with van der Waals surface area (Å²) in [5.41, 5.74) is 6.47. The number of carbonyl (C=O) groups excluding carboxylic acids is 2. The number of esters is 1. The van der Waals surface area contributed by atoms with E-state index in [1.807, 2.05) is 115 Å². The van der Waals surface area contributed by atoms with Gasteiger partial charge in [-0.1, -0.05) is 145 Å². The van der Waals surface area contributed by atoms with E-state index >= 15 is 0 Å². The molecule has 0 heterocycles. The van der Waals surface area contributed by atoms with E-state index in [9.17, 15) is 9.59 Å². The third-order valence-electron chi connectivity index (χ3n) is 9.67. The molecule has 1 aliphatic carbocycles. The van der Waals surface area contributed by atoms with Crippen LogP contribution in [0.4, 0.5) is 4.79 Å². The molecule has 7 rings (SSSR count). The fourth-order valence-corrected chi connectivity index (χ4v) is 7.45. The average Bonchev–Trinajstić information content (AvgIpc) is 3.53. The van der Waals surface area contributed by atoms with Crippen molar-refractivity contribution in [3.8, 4) is 22.6 Å². The van der Waals surface area contributed by atoms with Crippen molar-refractivity contribution < 1.29 is 28.5 Å². The Kier molecular flexibility index (Phi) is 10.5. The van der Waals surface area contributed by atoms with Crippen LogP contribution in [0.5, 0.6) is 11.5 Å². The third kappa shape index (κ3) is 7.08. The van der Waals surface area contributed by atoms with Crippen LogP contribution in [0.2, 0.25) is 5.02 Å². The van der Waals surface area contributed by atoms with Gasteiger partial charge in [0.05, 0.1) is 14.2 Å². The van der Waals surface area contributed by atoms with Gasteiger partial charge in [0, 0.05) is 34.1 Å². The van der Waals surface area contributed by atoms with Crippen molar-refractivity contribution in [2.24, 2.45) is 0 Å². The molecule has 6 aromatic rings. The first-order valence-electron chi connectivity index (χ1n) is 17.3. The summed E-state index contributed by atoms with van der Waals surface area (Å²) in [5, 5.41) is 3.26. The highest BCUT2D eigenvalue weighted by molar-refractivity contribution is 6.31. The van der Waals surface area contributed by atoms with E-state index in [2.05, 4.69) is 29.6 Å². The van der Waals surface area contributed by atoms with Gasteiger partial charge in [-0.25, -0.2) is 9.59 Å². The lowest BCUT2D eigenvalue weighted by molar-refractivity contribution is -0.143. The lowest BCUT2D eigenvalue weighted by Crippen LogP contribution is -2.43. The van der Waals surface area contributed by atoms with Crippen LogP contribution in [0.3, 0.4) is 0 Å². The number of benzene rings is 6. The molecule has 0 aliphatic heterocycles. The minimum absolute atomic E-state index is 0.112. The Labute approximate surface area is 314 Å². The summed E-state index contributed by atoms with van der Waals surface area (Å²) in [6.07, 6.45) is -0.606. The molecule has 0 aromatic heterocycles. The summed E-state index contributed by atoms with van der Waals surface area (Å²) in [4.78, 5) is 26.2. The summed E-state index contributed by atoms with van der Waals surface area (Å²) >= 11 is 6.92. The van der Waals surface area contributed by atoms with Crippen molar-refractivity contribution in [1.82, 2.24) is 5.32 Å². The monoisotopic (exact) mass is 723 g/mol. The topological polar surface area (TPSA) is 83.1 Å². The molecule has 1 atom stereocenters. The Morgan fingerprint density at radius 1 is 0.698 bits per heavy atom. The highest BCUT2D eigenvalue weighted by Gasteiger charge is 2.41. The first-order chi connectivity index (χ1) is 25.9. The molecule has 1 N–H and O–H groups in total. The van der Waals surface area contributed by atoms with Gasteiger partial charge in [-0.15, -0.1) is 0 Å². The van der Waals surface area contributed by atoms with Crippen molar-refractivity contribution in [3.63, 3.8) is 0 Å². The van der Waals surface area contributed by atoms with Gasteiger partial charge in [0.2, 0.25) is 0 Å². The summed E-state index contributed by atoms with van der Waals surface area (Å²) in [5.74, 6) is 0.147. The molecule has 6 aromatic carbocycles. The van der Waals surface area contributed by atoms with Gasteiger partial charge in [-0.2, -0.15) is 0 Å². The van der Waals surface area contributed by atoms with Crippen LogP contribution in [-0.2, 0) is 26.3 Å². The fraction of sp³-hybridized carbons (Fsp3) is 0.156. The predicted molar refractivity (Wildman–Crippen MR) is 206 cm³/mol. The van der Waals surface area contributed by atoms with E-state index in [4.69, 9.17) is 30.5 Å². The maximum atomic E-state index is 13.2. The van der Waals surface area contributed by atoms with Gasteiger partial charge in [-0.3, -0.25) is 0 Å². The Morgan fingerprint density at radius 2 is 1.26 bits per heavy atom. The van der Waals surface area contributed by atoms with E-state index in [0.29, 0.717) is 22.1 Å². The number of rotatable bonds is 12. The molecule has 0 unspecified atom stereocenters. The predicted octanol–water partition coefficient (Wildman–Crippen LogP) is 9.34. The first-order valence-corrected chi connectivity index (χ1v) is 17.7. The SMILES string of the molecule is COC(=O)[C@H](Cc1ccc(OC(c2ccccc2)(c2ccccc2)c2ccccc2Cl)c(OC)c1)NC(=O)OCC1c2ccccc2-c2ccccc21. The lowest BCUT2D eigenvalue weighted by atomic mass is 9.80. The molecule has 0 saturated carbocycles. The largest absolute Gasteiger partial charge is 0.493 e. The van der Waals surface area contributed by atoms with Crippen molar-refractivity contribution in [2.75, 3.05) is 20.8 Å². The molecule has 0 radical (unpaired) electrons. The second kappa shape index (κ2) is 15.7. The maximum absolute atomic E-state index is 13.2. The molecule has 1 aliphatic rings. The smallest absolute Gasteiger partial charge is 0.407 e. The highest BCUT2D eigenvalue weighted by atomic mass is 35.5. The van der Waals surface area contributed by atoms with Gasteiger partial charge < -0.3 is 24.3 Å². The second-order valence-corrected chi connectivity index (χ2v) is 13.1. The number of methoxy groups -OCH3 is 2. The lowest BCUT2D eigenvalue weighted by Gasteiger charge is -2.37. The van der Waals surface area contributed by atoms with Gasteiger partial charge in [0.25, 0.3) is 0 Å². The number of carbonyl (C=O) groups is 2. The molecule has 7 nitrogen and oxygen atoms in total. The van der Waals surface area contributed by atoms with Crippen LogP contribution >= 0.6 is 11.6 Å². The van der Waals surface area contributed by atoms with Gasteiger partial charge in [0.15, 0.2) is 17.1 Å². The molecule has 8 heteroatoms. The summed E-state index contributed by atoms with van der Waals surface area (Å²) in [7, 11) is 2.84. The highest BCUT2D eigenvalue weighted by Crippen LogP contribution is 2.47. The molecule has 0 spiro atoms. The van der Waals surface area contributed by atoms with E-state index in [1.165, 1.54) is 7.11 Å². The Balaban J connectivity index is 1.14. The van der Waals surface area contributed by atoms with Gasteiger partial charge >= 0.3 is 12.1 Å². The van der Waals surface area contributed by atoms with Gasteiger partial charge in [-0.05, 0) is 46.0 Å². The standard InChI is InChI=1S/C45H38ClNO6/c1-50-42-28-30(27-40(43(48)51-2)47-44(49)52-29-37-35-21-11-9-19-33(35)34-20-10-12-22-36(34)37)25-26-41(42)53-45(31-15-5-3-6-16-31,32-17-7-4-8-18-32)38-23-13-14-24-39(38)46/h3-26,28,37,40H,27,29H2,1-2H3,(H,47,49)/t40-/m0/s1. The minimum atomic E-state index is -1.16. The van der Waals surface area contributed by atoms with Crippen LogP contribution in [0.15, 0.2) is 152 Å². The molecule has 266 valence electrons. The van der Waals surface area contributed by atoms with Crippen molar-refractivity contribution in [1.29, 1.82) is 0 Å². The van der Waals surface area contributed by atoms with Crippen LogP contribution < -0.4 is 14.8 Å². The zero-order chi connectivity index (χ0) is 36.8.